The average Bonchev–Trinajstić information content (AvgIpc) is 2.62. The third kappa shape index (κ3) is 3.67. The number of methoxy groups -OCH3 is 1. The molecule has 1 fully saturated rings. The van der Waals surface area contributed by atoms with Gasteiger partial charge in [0.15, 0.2) is 0 Å². The van der Waals surface area contributed by atoms with Crippen LogP contribution in [-0.4, -0.2) is 26.1 Å². The first-order chi connectivity index (χ1) is 11.7. The lowest BCUT2D eigenvalue weighted by molar-refractivity contribution is 0.102. The molecule has 1 heterocycles. The largest absolute Gasteiger partial charge is 0.497 e. The van der Waals surface area contributed by atoms with Crippen molar-refractivity contribution in [3.63, 3.8) is 0 Å². The number of carbonyl (C=O) groups is 1. The smallest absolute Gasteiger partial charge is 0.258 e. The highest BCUT2D eigenvalue weighted by molar-refractivity contribution is 6.04. The van der Waals surface area contributed by atoms with E-state index in [4.69, 9.17) is 4.74 Å². The molecule has 1 aliphatic heterocycles. The SMILES string of the molecule is COc1ccc(C(=O)Nc2cccc(N3CCCCC3)c2)c(F)c1. The molecule has 1 amide bonds. The Morgan fingerprint density at radius 1 is 1.12 bits per heavy atom. The van der Waals surface area contributed by atoms with Gasteiger partial charge < -0.3 is 15.0 Å². The van der Waals surface area contributed by atoms with Crippen LogP contribution in [0, 0.1) is 5.82 Å². The molecule has 4 nitrogen and oxygen atoms in total. The fraction of sp³-hybridized carbons (Fsp3) is 0.316. The van der Waals surface area contributed by atoms with Gasteiger partial charge in [0.05, 0.1) is 12.7 Å². The molecular weight excluding hydrogens is 307 g/mol. The zero-order valence-electron chi connectivity index (χ0n) is 13.7. The van der Waals surface area contributed by atoms with Gasteiger partial charge in [0.1, 0.15) is 11.6 Å². The molecule has 3 rings (SSSR count). The van der Waals surface area contributed by atoms with Gasteiger partial charge >= 0.3 is 0 Å². The van der Waals surface area contributed by atoms with E-state index in [1.54, 1.807) is 6.07 Å². The molecule has 0 atom stereocenters. The number of nitrogens with one attached hydrogen (secondary N) is 1. The van der Waals surface area contributed by atoms with Crippen LogP contribution >= 0.6 is 0 Å². The van der Waals surface area contributed by atoms with Crippen LogP contribution in [0.4, 0.5) is 15.8 Å². The van der Waals surface area contributed by atoms with E-state index in [0.717, 1.165) is 18.8 Å². The van der Waals surface area contributed by atoms with Crippen molar-refractivity contribution in [2.75, 3.05) is 30.4 Å². The van der Waals surface area contributed by atoms with E-state index in [-0.39, 0.29) is 5.56 Å². The number of rotatable bonds is 4. The summed E-state index contributed by atoms with van der Waals surface area (Å²) < 4.78 is 19.0. The summed E-state index contributed by atoms with van der Waals surface area (Å²) in [6.45, 7) is 2.06. The number of amides is 1. The van der Waals surface area contributed by atoms with Crippen LogP contribution in [0.3, 0.4) is 0 Å². The van der Waals surface area contributed by atoms with Gasteiger partial charge in [-0.3, -0.25) is 4.79 Å². The van der Waals surface area contributed by atoms with Gasteiger partial charge in [0.2, 0.25) is 0 Å². The highest BCUT2D eigenvalue weighted by atomic mass is 19.1. The van der Waals surface area contributed by atoms with E-state index in [1.165, 1.54) is 38.5 Å². The zero-order chi connectivity index (χ0) is 16.9. The Bertz CT molecular complexity index is 727. The normalized spacial score (nSPS) is 14.3. The van der Waals surface area contributed by atoms with Crippen molar-refractivity contribution < 1.29 is 13.9 Å². The van der Waals surface area contributed by atoms with Crippen molar-refractivity contribution in [2.24, 2.45) is 0 Å². The molecule has 0 aromatic heterocycles. The Morgan fingerprint density at radius 2 is 1.92 bits per heavy atom. The van der Waals surface area contributed by atoms with E-state index in [0.29, 0.717) is 11.4 Å². The maximum atomic E-state index is 14.0. The van der Waals surface area contributed by atoms with Crippen LogP contribution in [0.1, 0.15) is 29.6 Å². The Labute approximate surface area is 141 Å². The fourth-order valence-corrected chi connectivity index (χ4v) is 2.94. The van der Waals surface area contributed by atoms with Gasteiger partial charge in [-0.15, -0.1) is 0 Å². The molecule has 1 saturated heterocycles. The molecule has 24 heavy (non-hydrogen) atoms. The lowest BCUT2D eigenvalue weighted by atomic mass is 10.1. The zero-order valence-corrected chi connectivity index (χ0v) is 13.7. The molecule has 0 unspecified atom stereocenters. The van der Waals surface area contributed by atoms with E-state index < -0.39 is 11.7 Å². The number of piperidine rings is 1. The van der Waals surface area contributed by atoms with Gasteiger partial charge in [-0.25, -0.2) is 4.39 Å². The molecule has 5 heteroatoms. The molecule has 0 saturated carbocycles. The molecule has 2 aromatic carbocycles. The number of nitrogens with zero attached hydrogens (tertiary/aromatic N) is 1. The summed E-state index contributed by atoms with van der Waals surface area (Å²) in [6.07, 6.45) is 3.64. The number of halogens is 1. The summed E-state index contributed by atoms with van der Waals surface area (Å²) in [7, 11) is 1.46. The van der Waals surface area contributed by atoms with Crippen molar-refractivity contribution in [3.8, 4) is 5.75 Å². The van der Waals surface area contributed by atoms with Crippen molar-refractivity contribution in [1.82, 2.24) is 0 Å². The summed E-state index contributed by atoms with van der Waals surface area (Å²) in [4.78, 5) is 14.6. The Balaban J connectivity index is 1.74. The van der Waals surface area contributed by atoms with Gasteiger partial charge in [0.25, 0.3) is 5.91 Å². The molecule has 0 spiro atoms. The standard InChI is InChI=1S/C19H21FN2O2/c1-24-16-8-9-17(18(20)13-16)19(23)21-14-6-5-7-15(12-14)22-10-3-2-4-11-22/h5-9,12-13H,2-4,10-11H2,1H3,(H,21,23). The quantitative estimate of drug-likeness (QED) is 0.919. The summed E-state index contributed by atoms with van der Waals surface area (Å²) in [5, 5.41) is 2.77. The molecule has 0 radical (unpaired) electrons. The second-order valence-electron chi connectivity index (χ2n) is 5.90. The first-order valence-corrected chi connectivity index (χ1v) is 8.17. The van der Waals surface area contributed by atoms with Crippen molar-refractivity contribution in [1.29, 1.82) is 0 Å². The van der Waals surface area contributed by atoms with Gasteiger partial charge in [-0.05, 0) is 49.6 Å². The van der Waals surface area contributed by atoms with Crippen LogP contribution in [0.25, 0.3) is 0 Å². The highest BCUT2D eigenvalue weighted by Crippen LogP contribution is 2.24. The summed E-state index contributed by atoms with van der Waals surface area (Å²) >= 11 is 0. The highest BCUT2D eigenvalue weighted by Gasteiger charge is 2.15. The maximum Gasteiger partial charge on any atom is 0.258 e. The lowest BCUT2D eigenvalue weighted by Gasteiger charge is -2.29. The number of hydrogen-bond donors (Lipinski definition) is 1. The Hall–Kier alpha value is -2.56. The third-order valence-electron chi connectivity index (χ3n) is 4.25. The number of benzene rings is 2. The molecule has 126 valence electrons. The number of anilines is 2. The van der Waals surface area contributed by atoms with E-state index in [1.807, 2.05) is 24.3 Å². The molecule has 0 bridgehead atoms. The van der Waals surface area contributed by atoms with Gasteiger partial charge in [-0.1, -0.05) is 6.07 Å². The van der Waals surface area contributed by atoms with E-state index >= 15 is 0 Å². The van der Waals surface area contributed by atoms with Crippen LogP contribution in [0.2, 0.25) is 0 Å². The van der Waals surface area contributed by atoms with Crippen LogP contribution in [0.15, 0.2) is 42.5 Å². The van der Waals surface area contributed by atoms with Gasteiger partial charge in [0, 0.05) is 30.5 Å². The van der Waals surface area contributed by atoms with Crippen LogP contribution < -0.4 is 15.0 Å². The van der Waals surface area contributed by atoms with E-state index in [2.05, 4.69) is 10.2 Å². The maximum absolute atomic E-state index is 14.0. The first-order valence-electron chi connectivity index (χ1n) is 8.17. The second-order valence-corrected chi connectivity index (χ2v) is 5.90. The lowest BCUT2D eigenvalue weighted by Crippen LogP contribution is -2.29. The Morgan fingerprint density at radius 3 is 2.62 bits per heavy atom. The second kappa shape index (κ2) is 7.34. The third-order valence-corrected chi connectivity index (χ3v) is 4.25. The molecule has 1 N–H and O–H groups in total. The average molecular weight is 328 g/mol. The fourth-order valence-electron chi connectivity index (χ4n) is 2.94. The monoisotopic (exact) mass is 328 g/mol. The van der Waals surface area contributed by atoms with Crippen molar-refractivity contribution in [2.45, 2.75) is 19.3 Å². The minimum atomic E-state index is -0.598. The Kier molecular flexibility index (Phi) is 4.99. The summed E-state index contributed by atoms with van der Waals surface area (Å²) in [6, 6.07) is 11.9. The number of ether oxygens (including phenoxy) is 1. The summed E-state index contributed by atoms with van der Waals surface area (Å²) in [5.74, 6) is -0.680. The predicted octanol–water partition coefficient (Wildman–Crippen LogP) is 4.08. The molecule has 2 aromatic rings. The van der Waals surface area contributed by atoms with Crippen LogP contribution in [0.5, 0.6) is 5.75 Å². The summed E-state index contributed by atoms with van der Waals surface area (Å²) in [5.41, 5.74) is 1.75. The first kappa shape index (κ1) is 16.3. The minimum absolute atomic E-state index is 0.000763. The molecule has 0 aliphatic carbocycles. The number of carbonyl (C=O) groups excluding carboxylic acids is 1. The van der Waals surface area contributed by atoms with Crippen molar-refractivity contribution >= 4 is 17.3 Å². The molecule has 1 aliphatic rings. The minimum Gasteiger partial charge on any atom is -0.497 e. The van der Waals surface area contributed by atoms with Crippen LogP contribution in [-0.2, 0) is 0 Å². The number of hydrogen-bond acceptors (Lipinski definition) is 3. The van der Waals surface area contributed by atoms with Gasteiger partial charge in [-0.2, -0.15) is 0 Å². The predicted molar refractivity (Wildman–Crippen MR) is 93.4 cm³/mol. The van der Waals surface area contributed by atoms with E-state index in [9.17, 15) is 9.18 Å². The molecular formula is C19H21FN2O2. The topological polar surface area (TPSA) is 41.6 Å². The van der Waals surface area contributed by atoms with Crippen molar-refractivity contribution in [3.05, 3.63) is 53.8 Å².